The summed E-state index contributed by atoms with van der Waals surface area (Å²) in [5.41, 5.74) is 3.39. The van der Waals surface area contributed by atoms with Crippen LogP contribution in [0.1, 0.15) is 46.4 Å². The summed E-state index contributed by atoms with van der Waals surface area (Å²) in [4.78, 5) is 21.2. The number of carbonyl (C=O) groups is 1. The topological polar surface area (TPSA) is 117 Å². The van der Waals surface area contributed by atoms with Crippen molar-refractivity contribution >= 4 is 23.4 Å². The highest BCUT2D eigenvalue weighted by molar-refractivity contribution is 6.07. The average molecular weight is 508 g/mol. The quantitative estimate of drug-likeness (QED) is 0.355. The first-order chi connectivity index (χ1) is 17.6. The maximum Gasteiger partial charge on any atom is 0.410 e. The van der Waals surface area contributed by atoms with E-state index >= 15 is 0 Å². The van der Waals surface area contributed by atoms with E-state index in [-0.39, 0.29) is 12.1 Å². The Morgan fingerprint density at radius 2 is 1.95 bits per heavy atom. The molecule has 1 saturated heterocycles. The number of carbonyl (C=O) groups excluding carboxylic acids is 1. The van der Waals surface area contributed by atoms with E-state index in [4.69, 9.17) is 15.1 Å². The Morgan fingerprint density at radius 3 is 2.59 bits per heavy atom. The molecule has 0 atom stereocenters. The fourth-order valence-corrected chi connectivity index (χ4v) is 4.10. The summed E-state index contributed by atoms with van der Waals surface area (Å²) in [5.74, 6) is 0. The summed E-state index contributed by atoms with van der Waals surface area (Å²) in [6.07, 6.45) is 10.2. The monoisotopic (exact) mass is 507 g/mol. The number of ether oxygens (including phenoxy) is 1. The fraction of sp³-hybridized carbons (Fsp3) is 0.500. The molecule has 3 aromatic heterocycles. The summed E-state index contributed by atoms with van der Waals surface area (Å²) in [6, 6.07) is 2.17. The second-order valence-corrected chi connectivity index (χ2v) is 10.4. The van der Waals surface area contributed by atoms with Crippen LogP contribution >= 0.6 is 0 Å². The summed E-state index contributed by atoms with van der Waals surface area (Å²) < 4.78 is 9.16. The molecule has 0 unspecified atom stereocenters. The van der Waals surface area contributed by atoms with Crippen molar-refractivity contribution in [3.63, 3.8) is 0 Å². The molecule has 11 nitrogen and oxygen atoms in total. The lowest BCUT2D eigenvalue weighted by Crippen LogP contribution is -2.50. The Labute approximate surface area is 217 Å². The maximum absolute atomic E-state index is 12.3. The molecule has 0 spiro atoms. The van der Waals surface area contributed by atoms with Gasteiger partial charge in [-0.05, 0) is 40.7 Å². The van der Waals surface area contributed by atoms with Gasteiger partial charge >= 0.3 is 6.09 Å². The van der Waals surface area contributed by atoms with Crippen LogP contribution in [-0.2, 0) is 4.74 Å². The van der Waals surface area contributed by atoms with Gasteiger partial charge < -0.3 is 20.4 Å². The Bertz CT molecular complexity index is 1260. The molecule has 37 heavy (non-hydrogen) atoms. The second-order valence-electron chi connectivity index (χ2n) is 10.4. The number of nitrogens with one attached hydrogen (secondary N) is 2. The van der Waals surface area contributed by atoms with Crippen LogP contribution in [0.4, 0.5) is 4.79 Å². The van der Waals surface area contributed by atoms with Gasteiger partial charge in [0.2, 0.25) is 0 Å². The number of allylic oxidation sites excluding steroid dienone is 1. The summed E-state index contributed by atoms with van der Waals surface area (Å²) in [5, 5.41) is 20.2. The lowest BCUT2D eigenvalue weighted by atomic mass is 10.1. The maximum atomic E-state index is 12.3. The van der Waals surface area contributed by atoms with Crippen LogP contribution in [0.5, 0.6) is 0 Å². The molecule has 1 amide bonds. The van der Waals surface area contributed by atoms with Gasteiger partial charge in [-0.25, -0.2) is 14.3 Å². The molecule has 11 heteroatoms. The van der Waals surface area contributed by atoms with Crippen molar-refractivity contribution in [2.45, 2.75) is 46.3 Å². The summed E-state index contributed by atoms with van der Waals surface area (Å²) in [7, 11) is 0. The highest BCUT2D eigenvalue weighted by atomic mass is 16.6. The summed E-state index contributed by atoms with van der Waals surface area (Å²) in [6.45, 7) is 14.2. The van der Waals surface area contributed by atoms with E-state index in [0.29, 0.717) is 30.9 Å². The molecule has 4 heterocycles. The van der Waals surface area contributed by atoms with E-state index in [2.05, 4.69) is 34.3 Å². The van der Waals surface area contributed by atoms with Crippen LogP contribution in [0, 0.1) is 5.41 Å². The third-order valence-electron chi connectivity index (χ3n) is 6.10. The van der Waals surface area contributed by atoms with E-state index < -0.39 is 5.60 Å². The normalized spacial score (nSPS) is 15.4. The molecule has 4 rings (SSSR count). The van der Waals surface area contributed by atoms with Gasteiger partial charge in [0.1, 0.15) is 5.60 Å². The van der Waals surface area contributed by atoms with Crippen molar-refractivity contribution in [2.75, 3.05) is 39.3 Å². The number of amides is 1. The molecular formula is C26H37N9O2. The van der Waals surface area contributed by atoms with Crippen molar-refractivity contribution < 1.29 is 9.53 Å². The molecule has 1 aliphatic heterocycles. The number of rotatable bonds is 8. The minimum Gasteiger partial charge on any atom is -0.444 e. The number of hydrogen-bond donors (Lipinski definition) is 2. The smallest absolute Gasteiger partial charge is 0.410 e. The Balaban J connectivity index is 1.37. The van der Waals surface area contributed by atoms with Crippen LogP contribution in [0.15, 0.2) is 37.1 Å². The molecule has 3 aromatic rings. The second kappa shape index (κ2) is 11.1. The van der Waals surface area contributed by atoms with Gasteiger partial charge in [0.15, 0.2) is 0 Å². The zero-order valence-corrected chi connectivity index (χ0v) is 22.3. The lowest BCUT2D eigenvalue weighted by molar-refractivity contribution is 0.0147. The molecule has 2 N–H and O–H groups in total. The van der Waals surface area contributed by atoms with Crippen molar-refractivity contribution in [1.82, 2.24) is 39.5 Å². The molecule has 0 aliphatic carbocycles. The molecule has 1 aliphatic rings. The Hall–Kier alpha value is -3.73. The van der Waals surface area contributed by atoms with Gasteiger partial charge in [-0.3, -0.25) is 9.58 Å². The first-order valence-corrected chi connectivity index (χ1v) is 12.7. The van der Waals surface area contributed by atoms with Gasteiger partial charge in [-0.1, -0.05) is 0 Å². The average Bonchev–Trinajstić information content (AvgIpc) is 3.53. The van der Waals surface area contributed by atoms with Gasteiger partial charge in [-0.2, -0.15) is 10.2 Å². The van der Waals surface area contributed by atoms with Crippen molar-refractivity contribution in [3.8, 4) is 11.3 Å². The van der Waals surface area contributed by atoms with E-state index in [1.807, 2.05) is 56.3 Å². The van der Waals surface area contributed by atoms with E-state index in [9.17, 15) is 4.79 Å². The van der Waals surface area contributed by atoms with Crippen LogP contribution in [0.25, 0.3) is 22.3 Å². The lowest BCUT2D eigenvalue weighted by Gasteiger charge is -2.35. The standard InChI is InChI=1S/C26H37N9O2/c1-19(2)34-17-21(16-30-34)24-23-6-7-29-35(23)18-22(31-24)20(14-27)15-28-8-9-32-10-12-33(13-11-32)25(36)37-26(3,4)5/h6-7,14-19,27-28H,8-13H2,1-5H3/b20-15+,27-14?. The predicted molar refractivity (Wildman–Crippen MR) is 144 cm³/mol. The molecular weight excluding hydrogens is 470 g/mol. The highest BCUT2D eigenvalue weighted by Crippen LogP contribution is 2.25. The van der Waals surface area contributed by atoms with Gasteiger partial charge in [0.05, 0.1) is 35.5 Å². The third kappa shape index (κ3) is 6.53. The first kappa shape index (κ1) is 26.3. The molecule has 0 aromatic carbocycles. The minimum atomic E-state index is -0.481. The predicted octanol–water partition coefficient (Wildman–Crippen LogP) is 3.31. The largest absolute Gasteiger partial charge is 0.444 e. The van der Waals surface area contributed by atoms with E-state index in [1.54, 1.807) is 15.6 Å². The molecule has 198 valence electrons. The van der Waals surface area contributed by atoms with Crippen molar-refractivity contribution in [2.24, 2.45) is 0 Å². The number of hydrogen-bond acceptors (Lipinski definition) is 8. The zero-order valence-electron chi connectivity index (χ0n) is 22.3. The number of fused-ring (bicyclic) bond motifs is 1. The molecule has 0 bridgehead atoms. The first-order valence-electron chi connectivity index (χ1n) is 12.7. The number of nitrogens with zero attached hydrogens (tertiary/aromatic N) is 7. The van der Waals surface area contributed by atoms with Gasteiger partial charge in [0, 0.05) is 75.1 Å². The van der Waals surface area contributed by atoms with Crippen LogP contribution < -0.4 is 5.32 Å². The van der Waals surface area contributed by atoms with Crippen LogP contribution in [0.3, 0.4) is 0 Å². The van der Waals surface area contributed by atoms with Crippen LogP contribution in [-0.4, -0.2) is 91.4 Å². The van der Waals surface area contributed by atoms with Crippen molar-refractivity contribution in [1.29, 1.82) is 5.41 Å². The third-order valence-corrected chi connectivity index (χ3v) is 6.10. The van der Waals surface area contributed by atoms with Crippen LogP contribution in [0.2, 0.25) is 0 Å². The minimum absolute atomic E-state index is 0.249. The van der Waals surface area contributed by atoms with Crippen molar-refractivity contribution in [3.05, 3.63) is 42.7 Å². The zero-order chi connectivity index (χ0) is 26.6. The van der Waals surface area contributed by atoms with Gasteiger partial charge in [0.25, 0.3) is 0 Å². The Morgan fingerprint density at radius 1 is 1.19 bits per heavy atom. The molecule has 1 fully saturated rings. The number of aromatic nitrogens is 5. The summed E-state index contributed by atoms with van der Waals surface area (Å²) >= 11 is 0. The van der Waals surface area contributed by atoms with E-state index in [0.717, 1.165) is 36.4 Å². The number of piperazine rings is 1. The Kier molecular flexibility index (Phi) is 7.91. The molecule has 0 saturated carbocycles. The fourth-order valence-electron chi connectivity index (χ4n) is 4.10. The highest BCUT2D eigenvalue weighted by Gasteiger charge is 2.25. The SMILES string of the molecule is CC(C)n1cc(-c2nc(/C(C=N)=C/NCCN3CCN(C(=O)OC(C)(C)C)CC3)cn3nccc23)cn1. The van der Waals surface area contributed by atoms with E-state index in [1.165, 1.54) is 6.21 Å². The van der Waals surface area contributed by atoms with Gasteiger partial charge in [-0.15, -0.1) is 0 Å². The molecule has 0 radical (unpaired) electrons.